The highest BCUT2D eigenvalue weighted by Gasteiger charge is 2.36. The van der Waals surface area contributed by atoms with E-state index in [9.17, 15) is 9.18 Å². The minimum absolute atomic E-state index is 0.150. The van der Waals surface area contributed by atoms with Gasteiger partial charge in [-0.15, -0.1) is 0 Å². The third-order valence-electron chi connectivity index (χ3n) is 7.35. The summed E-state index contributed by atoms with van der Waals surface area (Å²) >= 11 is 6.35. The van der Waals surface area contributed by atoms with E-state index in [-0.39, 0.29) is 17.8 Å². The number of hydrogen-bond acceptors (Lipinski definition) is 3. The number of urea groups is 1. The van der Waals surface area contributed by atoms with Crippen LogP contribution in [0.1, 0.15) is 35.1 Å². The number of hydrogen-bond donors (Lipinski definition) is 0. The maximum absolute atomic E-state index is 13.5. The van der Waals surface area contributed by atoms with Crippen LogP contribution in [-0.4, -0.2) is 85.0 Å². The maximum Gasteiger partial charge on any atom is 0.319 e. The van der Waals surface area contributed by atoms with E-state index in [1.807, 2.05) is 30.1 Å². The fourth-order valence-electron chi connectivity index (χ4n) is 5.46. The van der Waals surface area contributed by atoms with E-state index in [4.69, 9.17) is 11.6 Å². The fraction of sp³-hybridized carbons (Fsp3) is 0.480. The third-order valence-corrected chi connectivity index (χ3v) is 7.59. The second-order valence-electron chi connectivity index (χ2n) is 9.20. The Morgan fingerprint density at radius 3 is 2.38 bits per heavy atom. The fourth-order valence-corrected chi connectivity index (χ4v) is 5.64. The highest BCUT2D eigenvalue weighted by Crippen LogP contribution is 2.47. The molecule has 32 heavy (non-hydrogen) atoms. The summed E-state index contributed by atoms with van der Waals surface area (Å²) in [6.07, 6.45) is 0.996. The van der Waals surface area contributed by atoms with E-state index in [0.29, 0.717) is 6.04 Å². The molecule has 2 aromatic rings. The molecule has 0 bridgehead atoms. The average molecular weight is 457 g/mol. The zero-order valence-corrected chi connectivity index (χ0v) is 19.3. The van der Waals surface area contributed by atoms with Crippen LogP contribution in [0.15, 0.2) is 42.5 Å². The number of piperazine rings is 1. The smallest absolute Gasteiger partial charge is 0.319 e. The quantitative estimate of drug-likeness (QED) is 0.680. The molecule has 0 aromatic heterocycles. The lowest BCUT2D eigenvalue weighted by molar-refractivity contribution is 0.0902. The van der Waals surface area contributed by atoms with Crippen molar-refractivity contribution in [2.75, 3.05) is 59.4 Å². The molecule has 0 radical (unpaired) electrons. The first-order chi connectivity index (χ1) is 15.5. The lowest BCUT2D eigenvalue weighted by Gasteiger charge is -2.39. The molecule has 1 aliphatic carbocycles. The monoisotopic (exact) mass is 456 g/mol. The number of carbonyl (C=O) groups excluding carboxylic acids is 1. The molecule has 0 saturated carbocycles. The number of rotatable bonds is 5. The van der Waals surface area contributed by atoms with Crippen molar-refractivity contribution in [1.82, 2.24) is 19.6 Å². The molecular weight excluding hydrogens is 427 g/mol. The minimum Gasteiger partial charge on any atom is -0.326 e. The molecule has 2 atom stereocenters. The van der Waals surface area contributed by atoms with Crippen LogP contribution in [0.3, 0.4) is 0 Å². The summed E-state index contributed by atoms with van der Waals surface area (Å²) in [5, 5.41) is 0.753. The molecule has 2 heterocycles. The Kier molecular flexibility index (Phi) is 6.10. The van der Waals surface area contributed by atoms with Gasteiger partial charge in [-0.25, -0.2) is 9.18 Å². The molecule has 5 rings (SSSR count). The van der Waals surface area contributed by atoms with Crippen LogP contribution in [0.25, 0.3) is 0 Å². The normalized spacial score (nSPS) is 24.4. The number of amides is 2. The summed E-state index contributed by atoms with van der Waals surface area (Å²) < 4.78 is 13.5. The van der Waals surface area contributed by atoms with E-state index in [0.717, 1.165) is 69.4 Å². The zero-order chi connectivity index (χ0) is 22.2. The highest BCUT2D eigenvalue weighted by atomic mass is 35.5. The van der Waals surface area contributed by atoms with Gasteiger partial charge in [0.1, 0.15) is 5.82 Å². The summed E-state index contributed by atoms with van der Waals surface area (Å²) in [5.41, 5.74) is 3.77. The Bertz CT molecular complexity index is 976. The van der Waals surface area contributed by atoms with Crippen molar-refractivity contribution in [3.05, 3.63) is 70.0 Å². The van der Waals surface area contributed by atoms with Crippen molar-refractivity contribution >= 4 is 17.6 Å². The number of benzene rings is 2. The van der Waals surface area contributed by atoms with Gasteiger partial charge >= 0.3 is 6.03 Å². The van der Waals surface area contributed by atoms with Gasteiger partial charge in [-0.2, -0.15) is 0 Å². The van der Waals surface area contributed by atoms with Crippen LogP contribution in [0.5, 0.6) is 0 Å². The Morgan fingerprint density at radius 2 is 1.69 bits per heavy atom. The first-order valence-corrected chi connectivity index (χ1v) is 11.9. The number of carbonyl (C=O) groups is 1. The van der Waals surface area contributed by atoms with Crippen LogP contribution < -0.4 is 0 Å². The summed E-state index contributed by atoms with van der Waals surface area (Å²) in [4.78, 5) is 20.9. The molecule has 0 N–H and O–H groups in total. The first kappa shape index (κ1) is 21.7. The van der Waals surface area contributed by atoms with Crippen molar-refractivity contribution < 1.29 is 9.18 Å². The Hall–Kier alpha value is -2.15. The third kappa shape index (κ3) is 4.24. The molecule has 0 spiro atoms. The lowest BCUT2D eigenvalue weighted by Crippen LogP contribution is -2.49. The summed E-state index contributed by atoms with van der Waals surface area (Å²) in [7, 11) is 1.87. The topological polar surface area (TPSA) is 30.0 Å². The molecule has 2 amide bonds. The number of halogens is 2. The average Bonchev–Trinajstić information content (AvgIpc) is 3.33. The van der Waals surface area contributed by atoms with Gasteiger partial charge in [-0.1, -0.05) is 29.8 Å². The van der Waals surface area contributed by atoms with Gasteiger partial charge in [-0.05, 0) is 47.4 Å². The number of nitrogens with zero attached hydrogens (tertiary/aromatic N) is 4. The van der Waals surface area contributed by atoms with E-state index in [2.05, 4.69) is 21.9 Å². The van der Waals surface area contributed by atoms with Crippen LogP contribution >= 0.6 is 11.6 Å². The van der Waals surface area contributed by atoms with Gasteiger partial charge in [0.25, 0.3) is 0 Å². The highest BCUT2D eigenvalue weighted by molar-refractivity contribution is 6.30. The molecule has 170 valence electrons. The maximum atomic E-state index is 13.5. The van der Waals surface area contributed by atoms with Crippen molar-refractivity contribution in [3.63, 3.8) is 0 Å². The van der Waals surface area contributed by atoms with Crippen LogP contribution in [0.4, 0.5) is 9.18 Å². The van der Waals surface area contributed by atoms with Crippen molar-refractivity contribution in [1.29, 1.82) is 0 Å². The van der Waals surface area contributed by atoms with Crippen LogP contribution in [-0.2, 0) is 0 Å². The summed E-state index contributed by atoms with van der Waals surface area (Å²) in [6, 6.07) is 13.7. The Balaban J connectivity index is 1.24. The molecular formula is C25H30ClFN4O. The second-order valence-corrected chi connectivity index (χ2v) is 9.63. The second kappa shape index (κ2) is 9.00. The van der Waals surface area contributed by atoms with Gasteiger partial charge in [0, 0.05) is 76.4 Å². The molecule has 2 saturated heterocycles. The molecule has 5 nitrogen and oxygen atoms in total. The Morgan fingerprint density at radius 1 is 0.938 bits per heavy atom. The molecule has 0 unspecified atom stereocenters. The SMILES string of the molecule is CN1CCN(CCN2CCN([C@H]3C[C@H](c4ccc(F)cc4)c4cc(Cl)ccc43)CC2)C1=O. The molecule has 2 fully saturated rings. The molecule has 7 heteroatoms. The van der Waals surface area contributed by atoms with Gasteiger partial charge in [-0.3, -0.25) is 9.80 Å². The minimum atomic E-state index is -0.201. The Labute approximate surface area is 194 Å². The van der Waals surface area contributed by atoms with Gasteiger partial charge in [0.15, 0.2) is 0 Å². The zero-order valence-electron chi connectivity index (χ0n) is 18.5. The van der Waals surface area contributed by atoms with Crippen molar-refractivity contribution in [2.24, 2.45) is 0 Å². The van der Waals surface area contributed by atoms with Crippen LogP contribution in [0, 0.1) is 5.82 Å². The predicted octanol–water partition coefficient (Wildman–Crippen LogP) is 4.04. The largest absolute Gasteiger partial charge is 0.326 e. The van der Waals surface area contributed by atoms with E-state index in [1.54, 1.807) is 17.0 Å². The number of fused-ring (bicyclic) bond motifs is 1. The lowest BCUT2D eigenvalue weighted by atomic mass is 9.93. The van der Waals surface area contributed by atoms with Gasteiger partial charge in [0.05, 0.1) is 0 Å². The van der Waals surface area contributed by atoms with E-state index >= 15 is 0 Å². The summed E-state index contributed by atoms with van der Waals surface area (Å²) in [6.45, 7) is 7.45. The van der Waals surface area contributed by atoms with E-state index < -0.39 is 0 Å². The first-order valence-electron chi connectivity index (χ1n) is 11.5. The summed E-state index contributed by atoms with van der Waals surface area (Å²) in [5.74, 6) is 0.0403. The number of likely N-dealkylation sites (N-methyl/N-ethyl adjacent to an activating group) is 1. The molecule has 2 aromatic carbocycles. The predicted molar refractivity (Wildman–Crippen MR) is 125 cm³/mol. The standard InChI is InChI=1S/C25H30ClFN4O/c1-28-8-12-31(25(28)32)15-11-29-9-13-30(14-10-29)24-17-22(18-2-5-20(27)6-3-18)23-16-19(26)4-7-21(23)24/h2-7,16,22,24H,8-15,17H2,1H3/t22-,24+/m1/s1. The van der Waals surface area contributed by atoms with Crippen molar-refractivity contribution in [3.8, 4) is 0 Å². The van der Waals surface area contributed by atoms with Crippen molar-refractivity contribution in [2.45, 2.75) is 18.4 Å². The van der Waals surface area contributed by atoms with Gasteiger partial charge < -0.3 is 9.80 Å². The van der Waals surface area contributed by atoms with Crippen LogP contribution in [0.2, 0.25) is 5.02 Å². The van der Waals surface area contributed by atoms with Gasteiger partial charge in [0.2, 0.25) is 0 Å². The molecule has 2 aliphatic heterocycles. The van der Waals surface area contributed by atoms with E-state index in [1.165, 1.54) is 11.1 Å². The molecule has 3 aliphatic rings.